The third-order valence-electron chi connectivity index (χ3n) is 4.52. The average molecular weight is 315 g/mol. The van der Waals surface area contributed by atoms with Crippen LogP contribution in [0.2, 0.25) is 0 Å². The van der Waals surface area contributed by atoms with Crippen LogP contribution in [0, 0.1) is 0 Å². The van der Waals surface area contributed by atoms with Crippen LogP contribution in [-0.4, -0.2) is 57.6 Å². The van der Waals surface area contributed by atoms with Gasteiger partial charge in [0.2, 0.25) is 5.89 Å². The molecule has 3 rings (SSSR count). The van der Waals surface area contributed by atoms with Gasteiger partial charge in [-0.3, -0.25) is 9.88 Å². The standard InChI is InChI=1S/C17H25N5O/c1-3-16-19-17(23-20-16)14(2)22-12-10-21(11-13-22)9-7-15-6-4-5-8-18-15/h4-6,8,14H,3,7,9-13H2,1-2H3. The highest BCUT2D eigenvalue weighted by atomic mass is 16.5. The maximum atomic E-state index is 5.38. The van der Waals surface area contributed by atoms with Gasteiger partial charge in [0.1, 0.15) is 0 Å². The van der Waals surface area contributed by atoms with Crippen molar-refractivity contribution in [2.24, 2.45) is 0 Å². The average Bonchev–Trinajstić information content (AvgIpc) is 3.10. The van der Waals surface area contributed by atoms with E-state index in [-0.39, 0.29) is 6.04 Å². The molecule has 23 heavy (non-hydrogen) atoms. The fourth-order valence-electron chi connectivity index (χ4n) is 2.93. The Morgan fingerprint density at radius 1 is 1.22 bits per heavy atom. The van der Waals surface area contributed by atoms with Gasteiger partial charge >= 0.3 is 0 Å². The molecule has 6 heteroatoms. The summed E-state index contributed by atoms with van der Waals surface area (Å²) in [6, 6.07) is 6.31. The van der Waals surface area contributed by atoms with Crippen molar-refractivity contribution in [2.45, 2.75) is 32.7 Å². The van der Waals surface area contributed by atoms with Crippen LogP contribution in [0.3, 0.4) is 0 Å². The van der Waals surface area contributed by atoms with Gasteiger partial charge in [-0.05, 0) is 19.1 Å². The minimum atomic E-state index is 0.195. The zero-order valence-corrected chi connectivity index (χ0v) is 14.0. The summed E-state index contributed by atoms with van der Waals surface area (Å²) in [4.78, 5) is 13.8. The fourth-order valence-corrected chi connectivity index (χ4v) is 2.93. The lowest BCUT2D eigenvalue weighted by Crippen LogP contribution is -2.47. The first-order valence-electron chi connectivity index (χ1n) is 8.45. The molecule has 0 N–H and O–H groups in total. The van der Waals surface area contributed by atoms with Crippen molar-refractivity contribution >= 4 is 0 Å². The van der Waals surface area contributed by atoms with E-state index in [9.17, 15) is 0 Å². The Morgan fingerprint density at radius 2 is 2.04 bits per heavy atom. The van der Waals surface area contributed by atoms with Crippen LogP contribution in [0.25, 0.3) is 0 Å². The first-order chi connectivity index (χ1) is 11.3. The second-order valence-electron chi connectivity index (χ2n) is 6.03. The molecule has 1 aliphatic heterocycles. The summed E-state index contributed by atoms with van der Waals surface area (Å²) in [7, 11) is 0. The van der Waals surface area contributed by atoms with E-state index in [1.807, 2.05) is 19.2 Å². The molecule has 0 bridgehead atoms. The first-order valence-corrected chi connectivity index (χ1v) is 8.45. The molecule has 0 amide bonds. The zero-order chi connectivity index (χ0) is 16.1. The molecule has 3 heterocycles. The molecule has 0 aromatic carbocycles. The summed E-state index contributed by atoms with van der Waals surface area (Å²) >= 11 is 0. The Morgan fingerprint density at radius 3 is 2.70 bits per heavy atom. The van der Waals surface area contributed by atoms with Crippen molar-refractivity contribution in [1.82, 2.24) is 24.9 Å². The minimum Gasteiger partial charge on any atom is -0.338 e. The van der Waals surface area contributed by atoms with Crippen LogP contribution in [0.1, 0.15) is 37.3 Å². The van der Waals surface area contributed by atoms with Crippen LogP contribution < -0.4 is 0 Å². The highest BCUT2D eigenvalue weighted by molar-refractivity contribution is 5.04. The summed E-state index contributed by atoms with van der Waals surface area (Å²) < 4.78 is 5.38. The summed E-state index contributed by atoms with van der Waals surface area (Å²) in [5.74, 6) is 1.53. The normalized spacial score (nSPS) is 18.2. The molecular weight excluding hydrogens is 290 g/mol. The van der Waals surface area contributed by atoms with Crippen LogP contribution in [0.5, 0.6) is 0 Å². The van der Waals surface area contributed by atoms with E-state index in [0.29, 0.717) is 0 Å². The molecule has 1 aliphatic rings. The minimum absolute atomic E-state index is 0.195. The molecular formula is C17H25N5O. The molecule has 6 nitrogen and oxygen atoms in total. The molecule has 0 radical (unpaired) electrons. The molecule has 1 atom stereocenters. The smallest absolute Gasteiger partial charge is 0.243 e. The van der Waals surface area contributed by atoms with Crippen molar-refractivity contribution in [1.29, 1.82) is 0 Å². The fraction of sp³-hybridized carbons (Fsp3) is 0.588. The van der Waals surface area contributed by atoms with Crippen LogP contribution in [-0.2, 0) is 12.8 Å². The number of aromatic nitrogens is 3. The van der Waals surface area contributed by atoms with E-state index in [4.69, 9.17) is 4.52 Å². The summed E-state index contributed by atoms with van der Waals surface area (Å²) in [6.07, 6.45) is 3.70. The van der Waals surface area contributed by atoms with Crippen molar-refractivity contribution in [2.75, 3.05) is 32.7 Å². The van der Waals surface area contributed by atoms with Gasteiger partial charge in [0.05, 0.1) is 6.04 Å². The Hall–Kier alpha value is -1.79. The van der Waals surface area contributed by atoms with Crippen LogP contribution >= 0.6 is 0 Å². The molecule has 1 fully saturated rings. The van der Waals surface area contributed by atoms with E-state index in [1.54, 1.807) is 0 Å². The summed E-state index contributed by atoms with van der Waals surface area (Å²) in [5.41, 5.74) is 1.17. The van der Waals surface area contributed by atoms with Crippen LogP contribution in [0.4, 0.5) is 0 Å². The second-order valence-corrected chi connectivity index (χ2v) is 6.03. The molecule has 0 aliphatic carbocycles. The lowest BCUT2D eigenvalue weighted by Gasteiger charge is -2.36. The molecule has 124 valence electrons. The third-order valence-corrected chi connectivity index (χ3v) is 4.52. The van der Waals surface area contributed by atoms with Gasteiger partial charge in [0, 0.05) is 57.5 Å². The van der Waals surface area contributed by atoms with E-state index in [2.05, 4.69) is 44.0 Å². The number of hydrogen-bond acceptors (Lipinski definition) is 6. The number of pyridine rings is 1. The Kier molecular flexibility index (Phi) is 5.35. The Balaban J connectivity index is 1.46. The summed E-state index contributed by atoms with van der Waals surface area (Å²) in [6.45, 7) is 9.48. The molecule has 1 saturated heterocycles. The van der Waals surface area contributed by atoms with Crippen molar-refractivity contribution < 1.29 is 4.52 Å². The highest BCUT2D eigenvalue weighted by Crippen LogP contribution is 2.20. The van der Waals surface area contributed by atoms with Gasteiger partial charge in [-0.25, -0.2) is 0 Å². The van der Waals surface area contributed by atoms with E-state index < -0.39 is 0 Å². The predicted molar refractivity (Wildman–Crippen MR) is 88.0 cm³/mol. The van der Waals surface area contributed by atoms with Crippen LogP contribution in [0.15, 0.2) is 28.9 Å². The molecule has 0 spiro atoms. The van der Waals surface area contributed by atoms with E-state index >= 15 is 0 Å². The van der Waals surface area contributed by atoms with Crippen molar-refractivity contribution in [3.05, 3.63) is 41.8 Å². The Labute approximate surface area is 137 Å². The SMILES string of the molecule is CCc1noc(C(C)N2CCN(CCc3ccccn3)CC2)n1. The lowest BCUT2D eigenvalue weighted by atomic mass is 10.2. The van der Waals surface area contributed by atoms with Gasteiger partial charge in [-0.2, -0.15) is 4.98 Å². The molecule has 1 unspecified atom stereocenters. The predicted octanol–water partition coefficient (Wildman–Crippen LogP) is 1.95. The van der Waals surface area contributed by atoms with E-state index in [0.717, 1.165) is 57.3 Å². The number of aryl methyl sites for hydroxylation is 1. The molecule has 2 aromatic rings. The zero-order valence-electron chi connectivity index (χ0n) is 14.0. The number of piperazine rings is 1. The molecule has 2 aromatic heterocycles. The van der Waals surface area contributed by atoms with Gasteiger partial charge in [0.15, 0.2) is 5.82 Å². The molecule has 0 saturated carbocycles. The second kappa shape index (κ2) is 7.66. The summed E-state index contributed by atoms with van der Waals surface area (Å²) in [5, 5.41) is 4.00. The monoisotopic (exact) mass is 315 g/mol. The lowest BCUT2D eigenvalue weighted by molar-refractivity contribution is 0.0889. The quantitative estimate of drug-likeness (QED) is 0.812. The maximum absolute atomic E-state index is 5.38. The Bertz CT molecular complexity index is 592. The van der Waals surface area contributed by atoms with Gasteiger partial charge in [-0.15, -0.1) is 0 Å². The topological polar surface area (TPSA) is 58.3 Å². The van der Waals surface area contributed by atoms with E-state index in [1.165, 1.54) is 5.69 Å². The number of nitrogens with zero attached hydrogens (tertiary/aromatic N) is 5. The third kappa shape index (κ3) is 4.14. The maximum Gasteiger partial charge on any atom is 0.243 e. The van der Waals surface area contributed by atoms with Crippen molar-refractivity contribution in [3.8, 4) is 0 Å². The first kappa shape index (κ1) is 16.1. The van der Waals surface area contributed by atoms with Gasteiger partial charge < -0.3 is 9.42 Å². The number of rotatable bonds is 6. The van der Waals surface area contributed by atoms with Gasteiger partial charge in [-0.1, -0.05) is 18.1 Å². The largest absolute Gasteiger partial charge is 0.338 e. The highest BCUT2D eigenvalue weighted by Gasteiger charge is 2.25. The number of hydrogen-bond donors (Lipinski definition) is 0. The van der Waals surface area contributed by atoms with Gasteiger partial charge in [0.25, 0.3) is 0 Å². The van der Waals surface area contributed by atoms with Crippen molar-refractivity contribution in [3.63, 3.8) is 0 Å².